The molecule has 7 heteroatoms. The van der Waals surface area contributed by atoms with Crippen LogP contribution in [0.25, 0.3) is 0 Å². The van der Waals surface area contributed by atoms with Crippen molar-refractivity contribution in [2.75, 3.05) is 7.11 Å². The lowest BCUT2D eigenvalue weighted by Crippen LogP contribution is -2.38. The van der Waals surface area contributed by atoms with E-state index >= 15 is 0 Å². The van der Waals surface area contributed by atoms with Gasteiger partial charge in [-0.3, -0.25) is 0 Å². The summed E-state index contributed by atoms with van der Waals surface area (Å²) < 4.78 is 18.1. The molecule has 1 N–H and O–H groups in total. The molecule has 2 aromatic rings. The summed E-state index contributed by atoms with van der Waals surface area (Å²) in [5.41, 5.74) is 0.0329. The van der Waals surface area contributed by atoms with Gasteiger partial charge in [0.15, 0.2) is 10.8 Å². The number of rotatable bonds is 3. The summed E-state index contributed by atoms with van der Waals surface area (Å²) in [7, 11) is 1.31. The minimum atomic E-state index is -0.993. The van der Waals surface area contributed by atoms with Gasteiger partial charge in [0.1, 0.15) is 11.4 Å². The second kappa shape index (κ2) is 5.92. The number of aromatic nitrogens is 1. The number of ether oxygens (including phenoxy) is 1. The van der Waals surface area contributed by atoms with Crippen molar-refractivity contribution in [3.8, 4) is 0 Å². The first-order valence-electron chi connectivity index (χ1n) is 6.86. The fourth-order valence-corrected chi connectivity index (χ4v) is 3.00. The van der Waals surface area contributed by atoms with Crippen molar-refractivity contribution in [1.82, 2.24) is 10.3 Å². The van der Waals surface area contributed by atoms with E-state index in [9.17, 15) is 9.18 Å². The molecule has 1 aliphatic rings. The van der Waals surface area contributed by atoms with E-state index in [1.54, 1.807) is 31.5 Å². The largest absolute Gasteiger partial charge is 0.466 e. The molecule has 2 heterocycles. The Kier molecular flexibility index (Phi) is 3.96. The fourth-order valence-electron chi connectivity index (χ4n) is 2.41. The Bertz CT molecular complexity index is 784. The van der Waals surface area contributed by atoms with Gasteiger partial charge in [-0.2, -0.15) is 0 Å². The van der Waals surface area contributed by atoms with Gasteiger partial charge >= 0.3 is 5.97 Å². The maximum absolute atomic E-state index is 13.2. The van der Waals surface area contributed by atoms with E-state index in [1.807, 2.05) is 5.38 Å². The number of aliphatic imine (C=N–C) groups is 1. The summed E-state index contributed by atoms with van der Waals surface area (Å²) in [5.74, 6) is -0.287. The van der Waals surface area contributed by atoms with Gasteiger partial charge in [0, 0.05) is 17.8 Å². The van der Waals surface area contributed by atoms with Crippen molar-refractivity contribution in [3.63, 3.8) is 0 Å². The van der Waals surface area contributed by atoms with Crippen LogP contribution >= 0.6 is 11.3 Å². The van der Waals surface area contributed by atoms with Gasteiger partial charge in [-0.05, 0) is 24.6 Å². The Balaban J connectivity index is 2.12. The summed E-state index contributed by atoms with van der Waals surface area (Å²) in [6.45, 7) is 1.79. The highest BCUT2D eigenvalue weighted by Crippen LogP contribution is 2.36. The molecule has 118 valence electrons. The molecule has 0 amide bonds. The van der Waals surface area contributed by atoms with Gasteiger partial charge in [-0.1, -0.05) is 12.1 Å². The lowest BCUT2D eigenvalue weighted by atomic mass is 9.84. The van der Waals surface area contributed by atoms with E-state index in [0.717, 1.165) is 0 Å². The molecule has 0 saturated carbocycles. The van der Waals surface area contributed by atoms with Crippen molar-refractivity contribution >= 4 is 23.1 Å². The molecule has 1 unspecified atom stereocenters. The highest BCUT2D eigenvalue weighted by Gasteiger charge is 2.39. The molecule has 0 bridgehead atoms. The van der Waals surface area contributed by atoms with Crippen molar-refractivity contribution in [1.29, 1.82) is 0 Å². The van der Waals surface area contributed by atoms with Gasteiger partial charge in [0.25, 0.3) is 0 Å². The van der Waals surface area contributed by atoms with E-state index < -0.39 is 11.5 Å². The third-order valence-corrected chi connectivity index (χ3v) is 4.44. The smallest absolute Gasteiger partial charge is 0.338 e. The van der Waals surface area contributed by atoms with Crippen molar-refractivity contribution < 1.29 is 13.9 Å². The molecule has 0 aliphatic carbocycles. The molecule has 3 rings (SSSR count). The number of benzene rings is 1. The minimum Gasteiger partial charge on any atom is -0.466 e. The van der Waals surface area contributed by atoms with Crippen LogP contribution in [0.3, 0.4) is 0 Å². The molecule has 0 saturated heterocycles. The maximum atomic E-state index is 13.2. The highest BCUT2D eigenvalue weighted by molar-refractivity contribution is 7.11. The molecule has 23 heavy (non-hydrogen) atoms. The molecule has 0 fully saturated rings. The molecular formula is C16H14FN3O2S. The zero-order chi connectivity index (χ0) is 16.4. The van der Waals surface area contributed by atoms with Gasteiger partial charge in [-0.15, -0.1) is 11.3 Å². The van der Waals surface area contributed by atoms with Crippen LogP contribution in [0.2, 0.25) is 0 Å². The molecule has 1 atom stereocenters. The highest BCUT2D eigenvalue weighted by atomic mass is 32.1. The monoisotopic (exact) mass is 331 g/mol. The third kappa shape index (κ3) is 2.75. The second-order valence-electron chi connectivity index (χ2n) is 5.07. The Labute approximate surface area is 136 Å². The van der Waals surface area contributed by atoms with Crippen molar-refractivity contribution in [3.05, 3.63) is 64.0 Å². The van der Waals surface area contributed by atoms with Gasteiger partial charge < -0.3 is 10.1 Å². The van der Waals surface area contributed by atoms with Gasteiger partial charge in [-0.25, -0.2) is 19.2 Å². The summed E-state index contributed by atoms with van der Waals surface area (Å²) in [6, 6.07) is 5.91. The number of thiazole rings is 1. The van der Waals surface area contributed by atoms with E-state index in [2.05, 4.69) is 15.3 Å². The van der Waals surface area contributed by atoms with E-state index in [1.165, 1.54) is 30.6 Å². The van der Waals surface area contributed by atoms with Gasteiger partial charge in [0.2, 0.25) is 0 Å². The Hall–Kier alpha value is -2.54. The Morgan fingerprint density at radius 2 is 2.09 bits per heavy atom. The average molecular weight is 331 g/mol. The van der Waals surface area contributed by atoms with Crippen LogP contribution in [0.5, 0.6) is 0 Å². The normalized spacial score (nSPS) is 20.3. The molecular weight excluding hydrogens is 317 g/mol. The summed E-state index contributed by atoms with van der Waals surface area (Å²) in [4.78, 5) is 21.0. The van der Waals surface area contributed by atoms with E-state index in [4.69, 9.17) is 4.74 Å². The number of halogens is 1. The predicted octanol–water partition coefficient (Wildman–Crippen LogP) is 2.60. The summed E-state index contributed by atoms with van der Waals surface area (Å²) in [6.07, 6.45) is 3.25. The zero-order valence-electron chi connectivity index (χ0n) is 12.5. The SMILES string of the molecule is COC(=O)C1=CNC(c2nccs2)=NC1(C)c1ccc(F)cc1. The van der Waals surface area contributed by atoms with E-state index in [-0.39, 0.29) is 5.82 Å². The maximum Gasteiger partial charge on any atom is 0.338 e. The zero-order valence-corrected chi connectivity index (χ0v) is 13.4. The van der Waals surface area contributed by atoms with E-state index in [0.29, 0.717) is 22.0 Å². The lowest BCUT2D eigenvalue weighted by Gasteiger charge is -2.31. The fraction of sp³-hybridized carbons (Fsp3) is 0.188. The third-order valence-electron chi connectivity index (χ3n) is 3.66. The van der Waals surface area contributed by atoms with Crippen LogP contribution in [-0.2, 0) is 15.1 Å². The van der Waals surface area contributed by atoms with Crippen LogP contribution < -0.4 is 5.32 Å². The number of hydrogen-bond acceptors (Lipinski definition) is 6. The minimum absolute atomic E-state index is 0.340. The lowest BCUT2D eigenvalue weighted by molar-refractivity contribution is -0.136. The number of carbonyl (C=O) groups is 1. The van der Waals surface area contributed by atoms with Crippen LogP contribution in [0.15, 0.2) is 52.6 Å². The quantitative estimate of drug-likeness (QED) is 0.878. The molecule has 1 aromatic heterocycles. The number of carbonyl (C=O) groups excluding carboxylic acids is 1. The first-order valence-corrected chi connectivity index (χ1v) is 7.74. The summed E-state index contributed by atoms with van der Waals surface area (Å²) >= 11 is 1.43. The summed E-state index contributed by atoms with van der Waals surface area (Å²) in [5, 5.41) is 5.53. The standard InChI is InChI=1S/C16H14FN3O2S/c1-16(10-3-5-11(17)6-4-10)12(15(21)22-2)9-19-13(20-16)14-18-7-8-23-14/h3-9H,1-2H3,(H,19,20). The number of hydrogen-bond donors (Lipinski definition) is 1. The number of esters is 1. The van der Waals surface area contributed by atoms with Crippen molar-refractivity contribution in [2.45, 2.75) is 12.5 Å². The average Bonchev–Trinajstić information content (AvgIpc) is 3.09. The van der Waals surface area contributed by atoms with Crippen LogP contribution in [-0.4, -0.2) is 23.9 Å². The first-order chi connectivity index (χ1) is 11.0. The number of nitrogens with one attached hydrogen (secondary N) is 1. The van der Waals surface area contributed by atoms with Gasteiger partial charge in [0.05, 0.1) is 12.7 Å². The van der Waals surface area contributed by atoms with Crippen LogP contribution in [0.4, 0.5) is 4.39 Å². The Morgan fingerprint density at radius 1 is 1.35 bits per heavy atom. The molecule has 1 aromatic carbocycles. The molecule has 0 spiro atoms. The number of nitrogens with zero attached hydrogens (tertiary/aromatic N) is 2. The first kappa shape index (κ1) is 15.4. The molecule has 5 nitrogen and oxygen atoms in total. The topological polar surface area (TPSA) is 63.6 Å². The number of methoxy groups -OCH3 is 1. The van der Waals surface area contributed by atoms with Crippen LogP contribution in [0.1, 0.15) is 17.5 Å². The van der Waals surface area contributed by atoms with Crippen molar-refractivity contribution in [2.24, 2.45) is 4.99 Å². The second-order valence-corrected chi connectivity index (χ2v) is 5.97. The number of amidine groups is 1. The Morgan fingerprint density at radius 3 is 2.70 bits per heavy atom. The predicted molar refractivity (Wildman–Crippen MR) is 85.6 cm³/mol. The molecule has 0 radical (unpaired) electrons. The van der Waals surface area contributed by atoms with Crippen LogP contribution in [0, 0.1) is 5.82 Å². The molecule has 1 aliphatic heterocycles.